The highest BCUT2D eigenvalue weighted by atomic mass is 32.2. The summed E-state index contributed by atoms with van der Waals surface area (Å²) in [5.74, 6) is 0.177. The molecule has 1 aliphatic heterocycles. The molecule has 2 rings (SSSR count). The van der Waals surface area contributed by atoms with E-state index in [2.05, 4.69) is 0 Å². The predicted octanol–water partition coefficient (Wildman–Crippen LogP) is 0.851. The van der Waals surface area contributed by atoms with Crippen LogP contribution in [0.4, 0.5) is 0 Å². The van der Waals surface area contributed by atoms with Gasteiger partial charge in [-0.15, -0.1) is 0 Å². The van der Waals surface area contributed by atoms with E-state index >= 15 is 0 Å². The van der Waals surface area contributed by atoms with Gasteiger partial charge in [-0.1, -0.05) is 11.6 Å². The average Bonchev–Trinajstić information content (AvgIpc) is 2.16. The van der Waals surface area contributed by atoms with Crippen molar-refractivity contribution in [1.82, 2.24) is 0 Å². The molecule has 1 atom stereocenters. The van der Waals surface area contributed by atoms with E-state index in [0.29, 0.717) is 6.61 Å². The molecule has 1 saturated heterocycles. The van der Waals surface area contributed by atoms with E-state index in [1.807, 2.05) is 6.92 Å². The molecular formula is C9H12O5S. The highest BCUT2D eigenvalue weighted by molar-refractivity contribution is 7.87. The van der Waals surface area contributed by atoms with Gasteiger partial charge in [-0.3, -0.25) is 4.55 Å². The summed E-state index contributed by atoms with van der Waals surface area (Å²) in [5, 5.41) is 0. The van der Waals surface area contributed by atoms with Gasteiger partial charge in [0.1, 0.15) is 12.4 Å². The predicted molar refractivity (Wildman–Crippen MR) is 52.6 cm³/mol. The third-order valence-corrected chi connectivity index (χ3v) is 3.84. The normalized spacial score (nSPS) is 31.1. The molecule has 1 unspecified atom stereocenters. The molecule has 2 aliphatic rings. The Labute approximate surface area is 88.1 Å². The van der Waals surface area contributed by atoms with E-state index in [4.69, 9.17) is 9.47 Å². The summed E-state index contributed by atoms with van der Waals surface area (Å²) in [5.41, 5.74) is 0.898. The molecule has 1 heterocycles. The minimum absolute atomic E-state index is 0.0868. The van der Waals surface area contributed by atoms with Gasteiger partial charge in [-0.05, 0) is 13.0 Å². The first-order chi connectivity index (χ1) is 6.96. The largest absolute Gasteiger partial charge is 0.491 e. The van der Waals surface area contributed by atoms with E-state index in [9.17, 15) is 13.0 Å². The van der Waals surface area contributed by atoms with Gasteiger partial charge >= 0.3 is 10.1 Å². The van der Waals surface area contributed by atoms with Crippen LogP contribution < -0.4 is 0 Å². The number of allylic oxidation sites excluding steroid dienone is 2. The Bertz CT molecular complexity index is 433. The van der Waals surface area contributed by atoms with Gasteiger partial charge in [0.05, 0.1) is 6.61 Å². The fraction of sp³-hybridized carbons (Fsp3) is 0.556. The van der Waals surface area contributed by atoms with Crippen molar-refractivity contribution in [1.29, 1.82) is 0 Å². The number of rotatable bonds is 1. The van der Waals surface area contributed by atoms with Crippen LogP contribution in [0.2, 0.25) is 0 Å². The van der Waals surface area contributed by atoms with Crippen LogP contribution in [0, 0.1) is 0 Å². The zero-order valence-electron chi connectivity index (χ0n) is 8.26. The molecule has 0 radical (unpaired) electrons. The molecule has 84 valence electrons. The van der Waals surface area contributed by atoms with E-state index < -0.39 is 15.1 Å². The summed E-state index contributed by atoms with van der Waals surface area (Å²) in [4.78, 5) is -1.72. The second kappa shape index (κ2) is 3.33. The summed E-state index contributed by atoms with van der Waals surface area (Å²) in [6.07, 6.45) is 3.37. The van der Waals surface area contributed by atoms with Crippen LogP contribution in [-0.2, 0) is 19.6 Å². The van der Waals surface area contributed by atoms with Gasteiger partial charge in [0.25, 0.3) is 4.93 Å². The van der Waals surface area contributed by atoms with Gasteiger partial charge in [0, 0.05) is 6.42 Å². The monoisotopic (exact) mass is 232 g/mol. The molecule has 1 aliphatic carbocycles. The first kappa shape index (κ1) is 10.7. The van der Waals surface area contributed by atoms with Crippen molar-refractivity contribution in [3.8, 4) is 0 Å². The highest BCUT2D eigenvalue weighted by Gasteiger charge is 2.51. The minimum atomic E-state index is -4.33. The fourth-order valence-corrected chi connectivity index (χ4v) is 2.62. The van der Waals surface area contributed by atoms with Gasteiger partial charge in [-0.2, -0.15) is 8.42 Å². The lowest BCUT2D eigenvalue weighted by Gasteiger charge is -2.37. The quantitative estimate of drug-likeness (QED) is 0.678. The number of hydrogen-bond donors (Lipinski definition) is 1. The molecule has 0 bridgehead atoms. The summed E-state index contributed by atoms with van der Waals surface area (Å²) >= 11 is 0. The smallest absolute Gasteiger partial charge is 0.303 e. The number of hydrogen-bond acceptors (Lipinski definition) is 4. The first-order valence-electron chi connectivity index (χ1n) is 4.58. The van der Waals surface area contributed by atoms with Gasteiger partial charge < -0.3 is 9.47 Å². The summed E-state index contributed by atoms with van der Waals surface area (Å²) < 4.78 is 42.3. The Morgan fingerprint density at radius 2 is 2.20 bits per heavy atom. The van der Waals surface area contributed by atoms with Crippen LogP contribution >= 0.6 is 0 Å². The molecule has 5 nitrogen and oxygen atoms in total. The maximum absolute atomic E-state index is 11.3. The van der Waals surface area contributed by atoms with Crippen LogP contribution in [0.5, 0.6) is 0 Å². The lowest BCUT2D eigenvalue weighted by molar-refractivity contribution is -0.0700. The molecule has 0 amide bonds. The molecule has 0 aromatic rings. The average molecular weight is 232 g/mol. The lowest BCUT2D eigenvalue weighted by atomic mass is 10.0. The molecule has 15 heavy (non-hydrogen) atoms. The SMILES string of the molecule is CC1=CCC2(S(=O)(=O)O)OCCOC2=C1. The summed E-state index contributed by atoms with van der Waals surface area (Å²) in [6, 6.07) is 0. The molecule has 1 N–H and O–H groups in total. The van der Waals surface area contributed by atoms with Gasteiger partial charge in [-0.25, -0.2) is 0 Å². The van der Waals surface area contributed by atoms with Gasteiger partial charge in [0.15, 0.2) is 0 Å². The third kappa shape index (κ3) is 1.58. The highest BCUT2D eigenvalue weighted by Crippen LogP contribution is 2.38. The standard InChI is InChI=1S/C9H12O5S/c1-7-2-3-9(15(10,11)12)8(6-7)13-4-5-14-9/h2,6H,3-5H2,1H3,(H,10,11,12). The number of ether oxygens (including phenoxy) is 2. The Morgan fingerprint density at radius 3 is 2.87 bits per heavy atom. The zero-order valence-corrected chi connectivity index (χ0v) is 9.08. The second-order valence-electron chi connectivity index (χ2n) is 3.59. The first-order valence-corrected chi connectivity index (χ1v) is 6.02. The van der Waals surface area contributed by atoms with Crippen LogP contribution in [-0.4, -0.2) is 31.1 Å². The Kier molecular flexibility index (Phi) is 2.37. The van der Waals surface area contributed by atoms with E-state index in [1.54, 1.807) is 12.2 Å². The van der Waals surface area contributed by atoms with Crippen LogP contribution in [0.3, 0.4) is 0 Å². The molecule has 0 aromatic heterocycles. The van der Waals surface area contributed by atoms with Crippen molar-refractivity contribution in [2.45, 2.75) is 18.3 Å². The minimum Gasteiger partial charge on any atom is -0.491 e. The molecule has 0 spiro atoms. The Morgan fingerprint density at radius 1 is 1.47 bits per heavy atom. The summed E-state index contributed by atoms with van der Waals surface area (Å²) in [6.45, 7) is 2.29. The van der Waals surface area contributed by atoms with Crippen molar-refractivity contribution < 1.29 is 22.4 Å². The number of fused-ring (bicyclic) bond motifs is 1. The molecular weight excluding hydrogens is 220 g/mol. The van der Waals surface area contributed by atoms with Crippen molar-refractivity contribution in [2.24, 2.45) is 0 Å². The van der Waals surface area contributed by atoms with E-state index in [0.717, 1.165) is 5.57 Å². The van der Waals surface area contributed by atoms with Gasteiger partial charge in [0.2, 0.25) is 0 Å². The Balaban J connectivity index is 2.50. The zero-order chi connectivity index (χ0) is 11.1. The van der Waals surface area contributed by atoms with E-state index in [1.165, 1.54) is 0 Å². The third-order valence-electron chi connectivity index (χ3n) is 2.52. The molecule has 6 heteroatoms. The topological polar surface area (TPSA) is 72.8 Å². The molecule has 0 saturated carbocycles. The van der Waals surface area contributed by atoms with Crippen molar-refractivity contribution in [2.75, 3.05) is 13.2 Å². The summed E-state index contributed by atoms with van der Waals surface area (Å²) in [7, 11) is -4.33. The maximum Gasteiger partial charge on any atom is 0.303 e. The van der Waals surface area contributed by atoms with Crippen LogP contribution in [0.1, 0.15) is 13.3 Å². The van der Waals surface area contributed by atoms with Crippen molar-refractivity contribution in [3.63, 3.8) is 0 Å². The maximum atomic E-state index is 11.3. The lowest BCUT2D eigenvalue weighted by Crippen LogP contribution is -2.48. The Hall–Kier alpha value is -0.850. The van der Waals surface area contributed by atoms with Crippen LogP contribution in [0.25, 0.3) is 0 Å². The fourth-order valence-electron chi connectivity index (χ4n) is 1.72. The van der Waals surface area contributed by atoms with Crippen molar-refractivity contribution >= 4 is 10.1 Å². The second-order valence-corrected chi connectivity index (χ2v) is 5.20. The van der Waals surface area contributed by atoms with E-state index in [-0.39, 0.29) is 18.8 Å². The molecule has 1 fully saturated rings. The molecule has 0 aromatic carbocycles. The van der Waals surface area contributed by atoms with Crippen molar-refractivity contribution in [3.05, 3.63) is 23.5 Å². The van der Waals surface area contributed by atoms with Crippen LogP contribution in [0.15, 0.2) is 23.5 Å².